The zero-order valence-corrected chi connectivity index (χ0v) is 11.9. The standard InChI is InChI=1S/C15H17N5O/c1-12-9-18-14(11-17-12)15(21)20-7-5-19(6-8-20)13-3-2-4-16-10-13/h2-4,9-11H,5-8H2,1H3. The maximum Gasteiger partial charge on any atom is 0.274 e. The second kappa shape index (κ2) is 5.87. The Morgan fingerprint density at radius 1 is 1.10 bits per heavy atom. The van der Waals surface area contributed by atoms with Gasteiger partial charge in [-0.15, -0.1) is 0 Å². The Morgan fingerprint density at radius 2 is 1.90 bits per heavy atom. The lowest BCUT2D eigenvalue weighted by Crippen LogP contribution is -2.49. The lowest BCUT2D eigenvalue weighted by Gasteiger charge is -2.35. The minimum Gasteiger partial charge on any atom is -0.367 e. The molecule has 21 heavy (non-hydrogen) atoms. The molecule has 1 aliphatic rings. The highest BCUT2D eigenvalue weighted by atomic mass is 16.2. The highest BCUT2D eigenvalue weighted by Gasteiger charge is 2.23. The molecule has 1 saturated heterocycles. The van der Waals surface area contributed by atoms with Crippen LogP contribution in [0.15, 0.2) is 36.9 Å². The van der Waals surface area contributed by atoms with Gasteiger partial charge in [-0.05, 0) is 19.1 Å². The number of nitrogens with zero attached hydrogens (tertiary/aromatic N) is 5. The van der Waals surface area contributed by atoms with E-state index in [0.717, 1.165) is 24.5 Å². The van der Waals surface area contributed by atoms with Crippen LogP contribution in [0.1, 0.15) is 16.2 Å². The van der Waals surface area contributed by atoms with Gasteiger partial charge >= 0.3 is 0 Å². The van der Waals surface area contributed by atoms with Gasteiger partial charge in [0.15, 0.2) is 0 Å². The van der Waals surface area contributed by atoms with Gasteiger partial charge in [-0.3, -0.25) is 14.8 Å². The van der Waals surface area contributed by atoms with E-state index in [1.54, 1.807) is 18.6 Å². The van der Waals surface area contributed by atoms with Crippen LogP contribution in [0.25, 0.3) is 0 Å². The summed E-state index contributed by atoms with van der Waals surface area (Å²) >= 11 is 0. The van der Waals surface area contributed by atoms with Gasteiger partial charge in [-0.25, -0.2) is 4.98 Å². The van der Waals surface area contributed by atoms with Gasteiger partial charge in [0.1, 0.15) is 5.69 Å². The van der Waals surface area contributed by atoms with Gasteiger partial charge < -0.3 is 9.80 Å². The summed E-state index contributed by atoms with van der Waals surface area (Å²) in [5.41, 5.74) is 2.32. The third-order valence-electron chi connectivity index (χ3n) is 3.58. The molecule has 0 aromatic carbocycles. The van der Waals surface area contributed by atoms with E-state index < -0.39 is 0 Å². The zero-order chi connectivity index (χ0) is 14.7. The molecule has 0 unspecified atom stereocenters. The minimum atomic E-state index is -0.0478. The third-order valence-corrected chi connectivity index (χ3v) is 3.58. The lowest BCUT2D eigenvalue weighted by atomic mass is 10.2. The summed E-state index contributed by atoms with van der Waals surface area (Å²) in [5.74, 6) is -0.0478. The molecule has 3 rings (SSSR count). The van der Waals surface area contributed by atoms with E-state index in [4.69, 9.17) is 0 Å². The van der Waals surface area contributed by atoms with Crippen molar-refractivity contribution in [3.63, 3.8) is 0 Å². The van der Waals surface area contributed by atoms with Crippen molar-refractivity contribution < 1.29 is 4.79 Å². The second-order valence-electron chi connectivity index (χ2n) is 5.03. The summed E-state index contributed by atoms with van der Waals surface area (Å²) in [4.78, 5) is 28.8. The normalized spacial score (nSPS) is 15.1. The number of aryl methyl sites for hydroxylation is 1. The van der Waals surface area contributed by atoms with Crippen molar-refractivity contribution in [3.8, 4) is 0 Å². The predicted octanol–water partition coefficient (Wildman–Crippen LogP) is 1.14. The highest BCUT2D eigenvalue weighted by molar-refractivity contribution is 5.92. The first-order valence-corrected chi connectivity index (χ1v) is 6.97. The van der Waals surface area contributed by atoms with Gasteiger partial charge in [-0.1, -0.05) is 0 Å². The van der Waals surface area contributed by atoms with Gasteiger partial charge in [-0.2, -0.15) is 0 Å². The Balaban J connectivity index is 1.63. The summed E-state index contributed by atoms with van der Waals surface area (Å²) in [5, 5.41) is 0. The van der Waals surface area contributed by atoms with Crippen molar-refractivity contribution in [1.82, 2.24) is 19.9 Å². The molecule has 2 aromatic heterocycles. The second-order valence-corrected chi connectivity index (χ2v) is 5.03. The number of pyridine rings is 1. The average Bonchev–Trinajstić information content (AvgIpc) is 2.56. The fourth-order valence-corrected chi connectivity index (χ4v) is 2.37. The Bertz CT molecular complexity index is 606. The first-order chi connectivity index (χ1) is 10.2. The van der Waals surface area contributed by atoms with Crippen LogP contribution in [0.4, 0.5) is 5.69 Å². The molecule has 0 spiro atoms. The van der Waals surface area contributed by atoms with Crippen LogP contribution in [-0.4, -0.2) is 51.9 Å². The fourth-order valence-electron chi connectivity index (χ4n) is 2.37. The number of hydrogen-bond acceptors (Lipinski definition) is 5. The number of hydrogen-bond donors (Lipinski definition) is 0. The fraction of sp³-hybridized carbons (Fsp3) is 0.333. The molecule has 0 atom stereocenters. The van der Waals surface area contributed by atoms with Crippen LogP contribution in [0.3, 0.4) is 0 Å². The van der Waals surface area contributed by atoms with Crippen LogP contribution < -0.4 is 4.90 Å². The zero-order valence-electron chi connectivity index (χ0n) is 11.9. The minimum absolute atomic E-state index is 0.0478. The molecular weight excluding hydrogens is 266 g/mol. The molecule has 6 nitrogen and oxygen atoms in total. The Kier molecular flexibility index (Phi) is 3.77. The van der Waals surface area contributed by atoms with Crippen LogP contribution in [0.2, 0.25) is 0 Å². The Labute approximate surface area is 123 Å². The molecule has 0 radical (unpaired) electrons. The van der Waals surface area contributed by atoms with Crippen molar-refractivity contribution in [2.45, 2.75) is 6.92 Å². The van der Waals surface area contributed by atoms with Crippen LogP contribution in [0, 0.1) is 6.92 Å². The Morgan fingerprint density at radius 3 is 2.52 bits per heavy atom. The number of carbonyl (C=O) groups excluding carboxylic acids is 1. The molecule has 6 heteroatoms. The summed E-state index contributed by atoms with van der Waals surface area (Å²) in [6.07, 6.45) is 6.78. The van der Waals surface area contributed by atoms with Gasteiger partial charge in [0.05, 0.1) is 23.8 Å². The van der Waals surface area contributed by atoms with E-state index in [2.05, 4.69) is 19.9 Å². The van der Waals surface area contributed by atoms with Crippen molar-refractivity contribution in [3.05, 3.63) is 48.3 Å². The molecule has 0 saturated carbocycles. The first-order valence-electron chi connectivity index (χ1n) is 6.97. The van der Waals surface area contributed by atoms with E-state index in [1.807, 2.05) is 30.2 Å². The molecule has 3 heterocycles. The number of piperazine rings is 1. The maximum atomic E-state index is 12.3. The summed E-state index contributed by atoms with van der Waals surface area (Å²) in [6.45, 7) is 4.83. The number of carbonyl (C=O) groups is 1. The molecule has 0 N–H and O–H groups in total. The molecule has 0 aliphatic carbocycles. The maximum absolute atomic E-state index is 12.3. The Hall–Kier alpha value is -2.50. The summed E-state index contributed by atoms with van der Waals surface area (Å²) in [6, 6.07) is 3.96. The van der Waals surface area contributed by atoms with Crippen molar-refractivity contribution in [2.24, 2.45) is 0 Å². The topological polar surface area (TPSA) is 62.2 Å². The van der Waals surface area contributed by atoms with E-state index >= 15 is 0 Å². The van der Waals surface area contributed by atoms with E-state index in [1.165, 1.54) is 0 Å². The largest absolute Gasteiger partial charge is 0.367 e. The molecule has 0 bridgehead atoms. The number of rotatable bonds is 2. The molecular formula is C15H17N5O. The highest BCUT2D eigenvalue weighted by Crippen LogP contribution is 2.15. The predicted molar refractivity (Wildman–Crippen MR) is 79.1 cm³/mol. The molecule has 2 aromatic rings. The quantitative estimate of drug-likeness (QED) is 0.827. The first kappa shape index (κ1) is 13.5. The van der Waals surface area contributed by atoms with Crippen molar-refractivity contribution >= 4 is 11.6 Å². The molecule has 1 aliphatic heterocycles. The molecule has 1 amide bonds. The summed E-state index contributed by atoms with van der Waals surface area (Å²) < 4.78 is 0. The summed E-state index contributed by atoms with van der Waals surface area (Å²) in [7, 11) is 0. The number of aromatic nitrogens is 3. The van der Waals surface area contributed by atoms with Gasteiger partial charge in [0.2, 0.25) is 0 Å². The van der Waals surface area contributed by atoms with Gasteiger partial charge in [0.25, 0.3) is 5.91 Å². The van der Waals surface area contributed by atoms with Crippen LogP contribution >= 0.6 is 0 Å². The third kappa shape index (κ3) is 2.99. The number of amides is 1. The van der Waals surface area contributed by atoms with E-state index in [9.17, 15) is 4.79 Å². The average molecular weight is 283 g/mol. The van der Waals surface area contributed by atoms with E-state index in [-0.39, 0.29) is 5.91 Å². The lowest BCUT2D eigenvalue weighted by molar-refractivity contribution is 0.0740. The van der Waals surface area contributed by atoms with Crippen LogP contribution in [0.5, 0.6) is 0 Å². The molecule has 1 fully saturated rings. The SMILES string of the molecule is Cc1cnc(C(=O)N2CCN(c3cccnc3)CC2)cn1. The van der Waals surface area contributed by atoms with Gasteiger partial charge in [0, 0.05) is 38.6 Å². The van der Waals surface area contributed by atoms with E-state index in [0.29, 0.717) is 18.8 Å². The molecule has 108 valence electrons. The smallest absolute Gasteiger partial charge is 0.274 e. The van der Waals surface area contributed by atoms with Crippen LogP contribution in [-0.2, 0) is 0 Å². The monoisotopic (exact) mass is 283 g/mol. The van der Waals surface area contributed by atoms with Crippen molar-refractivity contribution in [1.29, 1.82) is 0 Å². The van der Waals surface area contributed by atoms with Crippen molar-refractivity contribution in [2.75, 3.05) is 31.1 Å². The number of anilines is 1.